The molecular formula is C30H23Cl2NO4. The standard InChI is InChI=1S/C30H23Cl2NO4/c31-26-14-13-20(16-27(26)32)19-11-9-18(10-12-19)15-28(29(34)35)33-30(36)37-17-25-23-7-3-1-5-21(23)22-6-2-4-8-24(22)25/h1-14,16,25,28H,15,17H2,(H,33,36)(H,34,35)/t28-/m0/s1. The van der Waals surface area contributed by atoms with Gasteiger partial charge in [0, 0.05) is 12.3 Å². The smallest absolute Gasteiger partial charge is 0.407 e. The van der Waals surface area contributed by atoms with Crippen molar-refractivity contribution in [3.63, 3.8) is 0 Å². The van der Waals surface area contributed by atoms with E-state index < -0.39 is 18.1 Å². The van der Waals surface area contributed by atoms with Crippen molar-refractivity contribution < 1.29 is 19.4 Å². The summed E-state index contributed by atoms with van der Waals surface area (Å²) in [6.07, 6.45) is -0.650. The van der Waals surface area contributed by atoms with Crippen LogP contribution < -0.4 is 5.32 Å². The minimum Gasteiger partial charge on any atom is -0.480 e. The van der Waals surface area contributed by atoms with Gasteiger partial charge in [-0.15, -0.1) is 0 Å². The first-order valence-electron chi connectivity index (χ1n) is 11.8. The molecule has 37 heavy (non-hydrogen) atoms. The maximum Gasteiger partial charge on any atom is 0.407 e. The number of hydrogen-bond acceptors (Lipinski definition) is 3. The number of amides is 1. The van der Waals surface area contributed by atoms with Gasteiger partial charge in [0.15, 0.2) is 0 Å². The molecule has 0 bridgehead atoms. The van der Waals surface area contributed by atoms with Crippen molar-refractivity contribution in [2.24, 2.45) is 0 Å². The molecule has 0 aliphatic heterocycles. The Balaban J connectivity index is 1.23. The number of carboxylic acids is 1. The van der Waals surface area contributed by atoms with E-state index in [1.165, 1.54) is 0 Å². The first kappa shape index (κ1) is 24.9. The summed E-state index contributed by atoms with van der Waals surface area (Å²) < 4.78 is 5.52. The predicted octanol–water partition coefficient (Wildman–Crippen LogP) is 7.19. The summed E-state index contributed by atoms with van der Waals surface area (Å²) in [5, 5.41) is 13.2. The maximum atomic E-state index is 12.6. The minimum atomic E-state index is -1.14. The zero-order valence-corrected chi connectivity index (χ0v) is 21.2. The monoisotopic (exact) mass is 531 g/mol. The molecule has 7 heteroatoms. The van der Waals surface area contributed by atoms with Crippen molar-refractivity contribution in [1.82, 2.24) is 5.32 Å². The SMILES string of the molecule is O=C(N[C@@H](Cc1ccc(-c2ccc(Cl)c(Cl)c2)cc1)C(=O)O)OCC1c2ccccc2-c2ccccc21. The fourth-order valence-electron chi connectivity index (χ4n) is 4.73. The molecule has 0 aromatic heterocycles. The van der Waals surface area contributed by atoms with Gasteiger partial charge in [0.1, 0.15) is 12.6 Å². The zero-order chi connectivity index (χ0) is 25.9. The third-order valence-electron chi connectivity index (χ3n) is 6.58. The molecule has 5 rings (SSSR count). The first-order valence-corrected chi connectivity index (χ1v) is 12.5. The van der Waals surface area contributed by atoms with E-state index in [2.05, 4.69) is 17.4 Å². The Morgan fingerprint density at radius 2 is 1.41 bits per heavy atom. The predicted molar refractivity (Wildman–Crippen MR) is 145 cm³/mol. The Morgan fingerprint density at radius 3 is 2.00 bits per heavy atom. The number of alkyl carbamates (subject to hydrolysis) is 1. The van der Waals surface area contributed by atoms with Crippen LogP contribution in [0.1, 0.15) is 22.6 Å². The van der Waals surface area contributed by atoms with Gasteiger partial charge in [-0.05, 0) is 51.1 Å². The van der Waals surface area contributed by atoms with Crippen molar-refractivity contribution in [3.05, 3.63) is 118 Å². The second-order valence-corrected chi connectivity index (χ2v) is 9.71. The Hall–Kier alpha value is -3.80. The second-order valence-electron chi connectivity index (χ2n) is 8.89. The van der Waals surface area contributed by atoms with Gasteiger partial charge in [-0.1, -0.05) is 102 Å². The summed E-state index contributed by atoms with van der Waals surface area (Å²) in [7, 11) is 0. The first-order chi connectivity index (χ1) is 17.9. The van der Waals surface area contributed by atoms with Crippen LogP contribution in [0, 0.1) is 0 Å². The number of ether oxygens (including phenoxy) is 1. The van der Waals surface area contributed by atoms with Gasteiger partial charge in [-0.25, -0.2) is 9.59 Å². The lowest BCUT2D eigenvalue weighted by Gasteiger charge is -2.17. The van der Waals surface area contributed by atoms with E-state index in [-0.39, 0.29) is 18.9 Å². The van der Waals surface area contributed by atoms with Crippen molar-refractivity contribution in [2.75, 3.05) is 6.61 Å². The summed E-state index contributed by atoms with van der Waals surface area (Å²) in [5.74, 6) is -1.24. The van der Waals surface area contributed by atoms with Crippen LogP contribution in [0.25, 0.3) is 22.3 Å². The van der Waals surface area contributed by atoms with E-state index in [4.69, 9.17) is 27.9 Å². The van der Waals surface area contributed by atoms with E-state index in [1.807, 2.05) is 66.7 Å². The molecule has 2 N–H and O–H groups in total. The summed E-state index contributed by atoms with van der Waals surface area (Å²) in [5.41, 5.74) is 7.00. The summed E-state index contributed by atoms with van der Waals surface area (Å²) in [6, 6.07) is 27.7. The number of hydrogen-bond donors (Lipinski definition) is 2. The molecule has 5 nitrogen and oxygen atoms in total. The second kappa shape index (κ2) is 10.7. The van der Waals surface area contributed by atoms with Crippen molar-refractivity contribution in [2.45, 2.75) is 18.4 Å². The lowest BCUT2D eigenvalue weighted by Crippen LogP contribution is -2.42. The van der Waals surface area contributed by atoms with Crippen molar-refractivity contribution in [1.29, 1.82) is 0 Å². The van der Waals surface area contributed by atoms with E-state index in [0.717, 1.165) is 38.9 Å². The Kier molecular flexibility index (Phi) is 7.17. The van der Waals surface area contributed by atoms with Crippen LogP contribution in [0.15, 0.2) is 91.0 Å². The van der Waals surface area contributed by atoms with Gasteiger partial charge in [0.2, 0.25) is 0 Å². The molecule has 186 valence electrons. The van der Waals surface area contributed by atoms with Gasteiger partial charge < -0.3 is 15.2 Å². The average molecular weight is 532 g/mol. The maximum absolute atomic E-state index is 12.6. The molecule has 4 aromatic carbocycles. The Bertz CT molecular complexity index is 1420. The molecule has 1 amide bonds. The van der Waals surface area contributed by atoms with E-state index in [0.29, 0.717) is 10.0 Å². The highest BCUT2D eigenvalue weighted by atomic mass is 35.5. The van der Waals surface area contributed by atoms with E-state index in [9.17, 15) is 14.7 Å². The number of halogens is 2. The van der Waals surface area contributed by atoms with Crippen LogP contribution in [0.4, 0.5) is 4.79 Å². The topological polar surface area (TPSA) is 75.6 Å². The largest absolute Gasteiger partial charge is 0.480 e. The van der Waals surface area contributed by atoms with Gasteiger partial charge in [-0.2, -0.15) is 0 Å². The molecule has 0 spiro atoms. The van der Waals surface area contributed by atoms with Gasteiger partial charge in [0.05, 0.1) is 10.0 Å². The summed E-state index contributed by atoms with van der Waals surface area (Å²) in [4.78, 5) is 24.5. The number of carboxylic acid groups (broad SMARTS) is 1. The van der Waals surface area contributed by atoms with E-state index >= 15 is 0 Å². The fraction of sp³-hybridized carbons (Fsp3) is 0.133. The molecule has 0 saturated carbocycles. The van der Waals surface area contributed by atoms with E-state index in [1.54, 1.807) is 12.1 Å². The quantitative estimate of drug-likeness (QED) is 0.264. The van der Waals surface area contributed by atoms with Crippen LogP contribution in [0.2, 0.25) is 10.0 Å². The zero-order valence-electron chi connectivity index (χ0n) is 19.7. The highest BCUT2D eigenvalue weighted by Gasteiger charge is 2.29. The molecule has 0 unspecified atom stereocenters. The number of benzene rings is 4. The van der Waals surface area contributed by atoms with Gasteiger partial charge in [-0.3, -0.25) is 0 Å². The van der Waals surface area contributed by atoms with Crippen LogP contribution in [0.3, 0.4) is 0 Å². The average Bonchev–Trinajstić information content (AvgIpc) is 3.23. The lowest BCUT2D eigenvalue weighted by atomic mass is 9.98. The number of carbonyl (C=O) groups is 2. The number of nitrogens with one attached hydrogen (secondary N) is 1. The molecule has 0 saturated heterocycles. The Labute approximate surface area is 224 Å². The Morgan fingerprint density at radius 1 is 0.811 bits per heavy atom. The molecule has 0 radical (unpaired) electrons. The lowest BCUT2D eigenvalue weighted by molar-refractivity contribution is -0.139. The third kappa shape index (κ3) is 5.33. The molecular weight excluding hydrogens is 509 g/mol. The molecule has 1 aliphatic rings. The molecule has 1 aliphatic carbocycles. The fourth-order valence-corrected chi connectivity index (χ4v) is 5.03. The van der Waals surface area contributed by atoms with Crippen molar-refractivity contribution in [3.8, 4) is 22.3 Å². The molecule has 0 heterocycles. The van der Waals surface area contributed by atoms with Crippen molar-refractivity contribution >= 4 is 35.3 Å². The highest BCUT2D eigenvalue weighted by molar-refractivity contribution is 6.42. The van der Waals surface area contributed by atoms with Crippen LogP contribution in [-0.2, 0) is 16.0 Å². The number of rotatable bonds is 7. The van der Waals surface area contributed by atoms with Crippen LogP contribution >= 0.6 is 23.2 Å². The van der Waals surface area contributed by atoms with Crippen LogP contribution in [0.5, 0.6) is 0 Å². The molecule has 1 atom stereocenters. The van der Waals surface area contributed by atoms with Gasteiger partial charge >= 0.3 is 12.1 Å². The number of carbonyl (C=O) groups excluding carboxylic acids is 1. The number of aliphatic carboxylic acids is 1. The summed E-state index contributed by atoms with van der Waals surface area (Å²) >= 11 is 12.1. The highest BCUT2D eigenvalue weighted by Crippen LogP contribution is 2.44. The molecule has 4 aromatic rings. The van der Waals surface area contributed by atoms with Crippen LogP contribution in [-0.4, -0.2) is 29.8 Å². The minimum absolute atomic E-state index is 0.102. The summed E-state index contributed by atoms with van der Waals surface area (Å²) in [6.45, 7) is 0.116. The molecule has 0 fully saturated rings. The van der Waals surface area contributed by atoms with Gasteiger partial charge in [0.25, 0.3) is 0 Å². The normalized spacial score (nSPS) is 12.9. The number of fused-ring (bicyclic) bond motifs is 3. The third-order valence-corrected chi connectivity index (χ3v) is 7.32.